The Morgan fingerprint density at radius 1 is 0.455 bits per heavy atom. The van der Waals surface area contributed by atoms with E-state index >= 15 is 0 Å². The number of unbranched alkanes of at least 4 members (excludes halogenated alkanes) is 2. The SMILES string of the molecule is C=CCCCCOc1ccc([C@@H](Cc2cccc(-c3cccc(CC(c4ccccc4)c4cccc5ccccc45)c3)c2)c2cccc3ccccc23)cc1. The van der Waals surface area contributed by atoms with Crippen LogP contribution in [0.2, 0.25) is 0 Å². The van der Waals surface area contributed by atoms with Crippen LogP contribution in [-0.2, 0) is 12.8 Å². The first-order chi connectivity index (χ1) is 27.2. The van der Waals surface area contributed by atoms with Gasteiger partial charge in [0.25, 0.3) is 0 Å². The highest BCUT2D eigenvalue weighted by Crippen LogP contribution is 2.37. The van der Waals surface area contributed by atoms with Gasteiger partial charge in [0.2, 0.25) is 0 Å². The van der Waals surface area contributed by atoms with Crippen molar-refractivity contribution in [2.45, 2.75) is 43.9 Å². The lowest BCUT2D eigenvalue weighted by molar-refractivity contribution is 0.307. The Labute approximate surface area is 326 Å². The molecule has 8 rings (SSSR count). The fraction of sp³-hybridized carbons (Fsp3) is 0.148. The largest absolute Gasteiger partial charge is 0.494 e. The maximum Gasteiger partial charge on any atom is 0.119 e. The van der Waals surface area contributed by atoms with Gasteiger partial charge in [-0.25, -0.2) is 0 Å². The Balaban J connectivity index is 1.09. The Hall–Kier alpha value is -6.18. The quantitative estimate of drug-likeness (QED) is 0.0759. The topological polar surface area (TPSA) is 9.23 Å². The number of allylic oxidation sites excluding steroid dienone is 1. The van der Waals surface area contributed by atoms with Crippen LogP contribution in [0.25, 0.3) is 32.7 Å². The number of benzene rings is 8. The molecule has 0 aliphatic rings. The number of hydrogen-bond donors (Lipinski definition) is 0. The van der Waals surface area contributed by atoms with Gasteiger partial charge in [-0.2, -0.15) is 0 Å². The third-order valence-electron chi connectivity index (χ3n) is 11.0. The second-order valence-corrected chi connectivity index (χ2v) is 14.7. The maximum absolute atomic E-state index is 6.11. The smallest absolute Gasteiger partial charge is 0.119 e. The molecule has 55 heavy (non-hydrogen) atoms. The minimum atomic E-state index is 0.182. The summed E-state index contributed by atoms with van der Waals surface area (Å²) in [6, 6.07) is 69.2. The molecule has 8 aromatic carbocycles. The fourth-order valence-electron chi connectivity index (χ4n) is 8.21. The standard InChI is InChI=1S/C54H48O/c1-2-3-4-12-35-55-48-33-31-45(32-34-48)54(52-30-16-24-43-22-9-11-28-50(43)52)39-41-18-14-26-47(37-41)46-25-13-17-40(36-46)38-53(44-19-6-5-7-20-44)51-29-15-23-42-21-8-10-27-49(42)51/h2,5-11,13-34,36-37,53-54H,1,3-4,12,35,38-39H2/t53?,54-/m1/s1. The van der Waals surface area contributed by atoms with Gasteiger partial charge in [0.15, 0.2) is 0 Å². The van der Waals surface area contributed by atoms with Crippen molar-refractivity contribution in [3.63, 3.8) is 0 Å². The zero-order valence-electron chi connectivity index (χ0n) is 31.5. The molecule has 0 radical (unpaired) electrons. The van der Waals surface area contributed by atoms with Crippen molar-refractivity contribution in [2.75, 3.05) is 6.61 Å². The van der Waals surface area contributed by atoms with E-state index in [4.69, 9.17) is 4.74 Å². The second-order valence-electron chi connectivity index (χ2n) is 14.7. The highest BCUT2D eigenvalue weighted by atomic mass is 16.5. The zero-order valence-corrected chi connectivity index (χ0v) is 31.5. The number of hydrogen-bond acceptors (Lipinski definition) is 1. The van der Waals surface area contributed by atoms with Crippen LogP contribution in [0.1, 0.15) is 64.5 Å². The lowest BCUT2D eigenvalue weighted by Gasteiger charge is -2.22. The minimum Gasteiger partial charge on any atom is -0.494 e. The number of ether oxygens (including phenoxy) is 1. The van der Waals surface area contributed by atoms with E-state index in [0.29, 0.717) is 0 Å². The second kappa shape index (κ2) is 17.3. The summed E-state index contributed by atoms with van der Waals surface area (Å²) < 4.78 is 6.11. The summed E-state index contributed by atoms with van der Waals surface area (Å²) in [6.45, 7) is 4.56. The molecule has 0 fully saturated rings. The van der Waals surface area contributed by atoms with Crippen LogP contribution < -0.4 is 4.74 Å². The summed E-state index contributed by atoms with van der Waals surface area (Å²) in [5.41, 5.74) is 10.5. The van der Waals surface area contributed by atoms with Crippen LogP contribution in [0.5, 0.6) is 5.75 Å². The van der Waals surface area contributed by atoms with Crippen molar-refractivity contribution in [3.8, 4) is 16.9 Å². The predicted molar refractivity (Wildman–Crippen MR) is 233 cm³/mol. The molecule has 0 spiro atoms. The van der Waals surface area contributed by atoms with Crippen LogP contribution in [0.4, 0.5) is 0 Å². The lowest BCUT2D eigenvalue weighted by Crippen LogP contribution is -2.07. The van der Waals surface area contributed by atoms with Gasteiger partial charge in [-0.3, -0.25) is 0 Å². The maximum atomic E-state index is 6.11. The normalized spacial score (nSPS) is 12.4. The summed E-state index contributed by atoms with van der Waals surface area (Å²) in [4.78, 5) is 0. The Kier molecular flexibility index (Phi) is 11.3. The molecule has 1 nitrogen and oxygen atoms in total. The fourth-order valence-corrected chi connectivity index (χ4v) is 8.21. The van der Waals surface area contributed by atoms with Gasteiger partial charge >= 0.3 is 0 Å². The summed E-state index contributed by atoms with van der Waals surface area (Å²) in [5, 5.41) is 5.19. The summed E-state index contributed by atoms with van der Waals surface area (Å²) >= 11 is 0. The molecule has 0 heterocycles. The molecule has 0 saturated carbocycles. The van der Waals surface area contributed by atoms with E-state index in [0.717, 1.165) is 44.5 Å². The van der Waals surface area contributed by atoms with E-state index in [1.165, 1.54) is 66.1 Å². The first-order valence-electron chi connectivity index (χ1n) is 19.8. The molecule has 0 aromatic heterocycles. The molecule has 0 aliphatic heterocycles. The van der Waals surface area contributed by atoms with E-state index < -0.39 is 0 Å². The Morgan fingerprint density at radius 3 is 1.51 bits per heavy atom. The van der Waals surface area contributed by atoms with Gasteiger partial charge < -0.3 is 4.74 Å². The molecular formula is C54H48O. The third kappa shape index (κ3) is 8.48. The van der Waals surface area contributed by atoms with E-state index in [1.54, 1.807) is 0 Å². The van der Waals surface area contributed by atoms with Crippen molar-refractivity contribution in [1.29, 1.82) is 0 Å². The van der Waals surface area contributed by atoms with Gasteiger partial charge in [0.1, 0.15) is 5.75 Å². The summed E-state index contributed by atoms with van der Waals surface area (Å²) in [6.07, 6.45) is 6.95. The van der Waals surface area contributed by atoms with E-state index in [1.807, 2.05) is 6.08 Å². The van der Waals surface area contributed by atoms with Gasteiger partial charge in [0.05, 0.1) is 6.61 Å². The van der Waals surface area contributed by atoms with Gasteiger partial charge in [-0.15, -0.1) is 6.58 Å². The minimum absolute atomic E-state index is 0.182. The van der Waals surface area contributed by atoms with Crippen molar-refractivity contribution in [3.05, 3.63) is 234 Å². The zero-order chi connectivity index (χ0) is 37.2. The predicted octanol–water partition coefficient (Wildman–Crippen LogP) is 14.1. The highest BCUT2D eigenvalue weighted by molar-refractivity contribution is 5.87. The third-order valence-corrected chi connectivity index (χ3v) is 11.0. The lowest BCUT2D eigenvalue weighted by atomic mass is 9.82. The average Bonchev–Trinajstić information content (AvgIpc) is 3.25. The van der Waals surface area contributed by atoms with Crippen LogP contribution in [0.3, 0.4) is 0 Å². The van der Waals surface area contributed by atoms with E-state index in [-0.39, 0.29) is 11.8 Å². The molecule has 8 aromatic rings. The first-order valence-corrected chi connectivity index (χ1v) is 19.8. The van der Waals surface area contributed by atoms with E-state index in [2.05, 4.69) is 195 Å². The van der Waals surface area contributed by atoms with Gasteiger partial charge in [0, 0.05) is 11.8 Å². The Morgan fingerprint density at radius 2 is 0.945 bits per heavy atom. The van der Waals surface area contributed by atoms with Crippen molar-refractivity contribution < 1.29 is 4.74 Å². The highest BCUT2D eigenvalue weighted by Gasteiger charge is 2.20. The Bertz CT molecular complexity index is 2480. The van der Waals surface area contributed by atoms with Crippen LogP contribution in [0, 0.1) is 0 Å². The van der Waals surface area contributed by atoms with Crippen LogP contribution >= 0.6 is 0 Å². The molecule has 0 bridgehead atoms. The van der Waals surface area contributed by atoms with Crippen molar-refractivity contribution in [2.24, 2.45) is 0 Å². The molecule has 1 unspecified atom stereocenters. The van der Waals surface area contributed by atoms with Gasteiger partial charge in [-0.1, -0.05) is 182 Å². The van der Waals surface area contributed by atoms with Gasteiger partial charge in [-0.05, 0) is 110 Å². The van der Waals surface area contributed by atoms with Crippen molar-refractivity contribution in [1.82, 2.24) is 0 Å². The molecule has 2 atom stereocenters. The number of rotatable bonds is 15. The molecule has 270 valence electrons. The first kappa shape index (κ1) is 35.8. The molecule has 0 amide bonds. The van der Waals surface area contributed by atoms with E-state index in [9.17, 15) is 0 Å². The molecule has 1 heteroatoms. The monoisotopic (exact) mass is 712 g/mol. The average molecular weight is 713 g/mol. The van der Waals surface area contributed by atoms with Crippen molar-refractivity contribution >= 4 is 21.5 Å². The van der Waals surface area contributed by atoms with Crippen LogP contribution in [-0.4, -0.2) is 6.61 Å². The summed E-state index contributed by atoms with van der Waals surface area (Å²) in [7, 11) is 0. The van der Waals surface area contributed by atoms with Crippen LogP contribution in [0.15, 0.2) is 201 Å². The molecular weight excluding hydrogens is 665 g/mol. The number of fused-ring (bicyclic) bond motifs is 2. The molecule has 0 saturated heterocycles. The summed E-state index contributed by atoms with van der Waals surface area (Å²) in [5.74, 6) is 1.35. The molecule has 0 N–H and O–H groups in total. The molecule has 0 aliphatic carbocycles.